The molecular weight excluding hydrogens is 324 g/mol. The van der Waals surface area contributed by atoms with E-state index in [0.717, 1.165) is 12.1 Å². The predicted octanol–water partition coefficient (Wildman–Crippen LogP) is 4.03. The quantitative estimate of drug-likeness (QED) is 0.781. The number of aryl methyl sites for hydroxylation is 1. The SMILES string of the molecule is CC(C)(C)c1ccc(NC(=O)NCC2(O)CCc3ccccc3C2)cc1. The molecule has 2 amide bonds. The molecule has 0 heterocycles. The number of carbonyl (C=O) groups is 1. The molecule has 0 aliphatic heterocycles. The third kappa shape index (κ3) is 4.44. The van der Waals surface area contributed by atoms with Gasteiger partial charge in [-0.1, -0.05) is 57.2 Å². The molecule has 1 unspecified atom stereocenters. The van der Waals surface area contributed by atoms with Crippen LogP contribution in [0.1, 0.15) is 43.9 Å². The fraction of sp³-hybridized carbons (Fsp3) is 0.409. The minimum absolute atomic E-state index is 0.0847. The summed E-state index contributed by atoms with van der Waals surface area (Å²) in [5, 5.41) is 16.5. The summed E-state index contributed by atoms with van der Waals surface area (Å²) >= 11 is 0. The van der Waals surface area contributed by atoms with Gasteiger partial charge in [-0.15, -0.1) is 0 Å². The van der Waals surface area contributed by atoms with Crippen LogP contribution in [-0.2, 0) is 18.3 Å². The Balaban J connectivity index is 1.54. The van der Waals surface area contributed by atoms with E-state index in [9.17, 15) is 9.90 Å². The van der Waals surface area contributed by atoms with Gasteiger partial charge < -0.3 is 15.7 Å². The van der Waals surface area contributed by atoms with Crippen LogP contribution in [-0.4, -0.2) is 23.3 Å². The van der Waals surface area contributed by atoms with Crippen molar-refractivity contribution in [3.63, 3.8) is 0 Å². The lowest BCUT2D eigenvalue weighted by atomic mass is 9.80. The van der Waals surface area contributed by atoms with Crippen LogP contribution < -0.4 is 10.6 Å². The van der Waals surface area contributed by atoms with Crippen molar-refractivity contribution in [2.24, 2.45) is 0 Å². The number of carbonyl (C=O) groups excluding carboxylic acids is 1. The third-order valence-electron chi connectivity index (χ3n) is 5.08. The van der Waals surface area contributed by atoms with Crippen LogP contribution in [0.5, 0.6) is 0 Å². The lowest BCUT2D eigenvalue weighted by Gasteiger charge is -2.33. The van der Waals surface area contributed by atoms with Gasteiger partial charge in [-0.25, -0.2) is 4.79 Å². The van der Waals surface area contributed by atoms with Crippen LogP contribution in [0.15, 0.2) is 48.5 Å². The van der Waals surface area contributed by atoms with Crippen molar-refractivity contribution >= 4 is 11.7 Å². The molecule has 2 aromatic carbocycles. The van der Waals surface area contributed by atoms with Crippen molar-refractivity contribution in [3.8, 4) is 0 Å². The summed E-state index contributed by atoms with van der Waals surface area (Å²) in [6, 6.07) is 15.8. The van der Waals surface area contributed by atoms with Crippen molar-refractivity contribution in [1.82, 2.24) is 5.32 Å². The summed E-state index contributed by atoms with van der Waals surface area (Å²) < 4.78 is 0. The number of anilines is 1. The van der Waals surface area contributed by atoms with Gasteiger partial charge in [0.05, 0.1) is 5.60 Å². The molecule has 0 aromatic heterocycles. The van der Waals surface area contributed by atoms with Crippen molar-refractivity contribution in [2.45, 2.75) is 51.0 Å². The van der Waals surface area contributed by atoms with E-state index >= 15 is 0 Å². The number of hydrogen-bond acceptors (Lipinski definition) is 2. The van der Waals surface area contributed by atoms with Crippen molar-refractivity contribution in [2.75, 3.05) is 11.9 Å². The van der Waals surface area contributed by atoms with Gasteiger partial charge in [0.15, 0.2) is 0 Å². The Bertz CT molecular complexity index is 777. The highest BCUT2D eigenvalue weighted by Gasteiger charge is 2.32. The highest BCUT2D eigenvalue weighted by atomic mass is 16.3. The van der Waals surface area contributed by atoms with Crippen molar-refractivity contribution in [1.29, 1.82) is 0 Å². The summed E-state index contributed by atoms with van der Waals surface area (Å²) in [6.07, 6.45) is 2.07. The van der Waals surface area contributed by atoms with E-state index < -0.39 is 5.60 Å². The molecule has 1 atom stereocenters. The van der Waals surface area contributed by atoms with Crippen LogP contribution in [0.3, 0.4) is 0 Å². The highest BCUT2D eigenvalue weighted by molar-refractivity contribution is 5.89. The Hall–Kier alpha value is -2.33. The molecule has 4 heteroatoms. The summed E-state index contributed by atoms with van der Waals surface area (Å²) in [6.45, 7) is 6.72. The second kappa shape index (κ2) is 7.12. The number of hydrogen-bond donors (Lipinski definition) is 3. The minimum Gasteiger partial charge on any atom is -0.388 e. The molecule has 138 valence electrons. The topological polar surface area (TPSA) is 61.4 Å². The van der Waals surface area contributed by atoms with E-state index in [0.29, 0.717) is 12.8 Å². The molecular formula is C22H28N2O2. The van der Waals surface area contributed by atoms with E-state index in [1.807, 2.05) is 36.4 Å². The molecule has 0 saturated carbocycles. The molecule has 0 saturated heterocycles. The van der Waals surface area contributed by atoms with E-state index in [4.69, 9.17) is 0 Å². The minimum atomic E-state index is -0.887. The predicted molar refractivity (Wildman–Crippen MR) is 106 cm³/mol. The molecule has 3 rings (SSSR count). The van der Waals surface area contributed by atoms with Crippen LogP contribution in [0.25, 0.3) is 0 Å². The molecule has 0 fully saturated rings. The van der Waals surface area contributed by atoms with E-state index in [2.05, 4.69) is 43.5 Å². The fourth-order valence-corrected chi connectivity index (χ4v) is 3.41. The smallest absolute Gasteiger partial charge is 0.319 e. The maximum atomic E-state index is 12.2. The number of nitrogens with one attached hydrogen (secondary N) is 2. The summed E-state index contributed by atoms with van der Waals surface area (Å²) in [4.78, 5) is 12.2. The largest absolute Gasteiger partial charge is 0.388 e. The van der Waals surface area contributed by atoms with E-state index in [1.54, 1.807) is 0 Å². The standard InChI is InChI=1S/C22H28N2O2/c1-21(2,3)18-8-10-19(11-9-18)24-20(25)23-15-22(26)13-12-16-6-4-5-7-17(16)14-22/h4-11,26H,12-15H2,1-3H3,(H2,23,24,25). The average molecular weight is 352 g/mol. The molecule has 0 bridgehead atoms. The third-order valence-corrected chi connectivity index (χ3v) is 5.08. The van der Waals surface area contributed by atoms with Gasteiger partial charge >= 0.3 is 6.03 Å². The molecule has 1 aliphatic rings. The first-order valence-corrected chi connectivity index (χ1v) is 9.20. The van der Waals surface area contributed by atoms with E-state index in [1.165, 1.54) is 16.7 Å². The Morgan fingerprint density at radius 3 is 2.38 bits per heavy atom. The van der Waals surface area contributed by atoms with E-state index in [-0.39, 0.29) is 18.0 Å². The maximum absolute atomic E-state index is 12.2. The lowest BCUT2D eigenvalue weighted by Crippen LogP contribution is -2.47. The van der Waals surface area contributed by atoms with Gasteiger partial charge in [0.2, 0.25) is 0 Å². The van der Waals surface area contributed by atoms with Gasteiger partial charge in [0.1, 0.15) is 0 Å². The van der Waals surface area contributed by atoms with Crippen LogP contribution in [0.4, 0.5) is 10.5 Å². The van der Waals surface area contributed by atoms with Crippen LogP contribution >= 0.6 is 0 Å². The zero-order chi connectivity index (χ0) is 18.8. The first kappa shape index (κ1) is 18.5. The van der Waals surface area contributed by atoms with Gasteiger partial charge in [0, 0.05) is 18.7 Å². The Kier molecular flexibility index (Phi) is 5.05. The first-order valence-electron chi connectivity index (χ1n) is 9.20. The fourth-order valence-electron chi connectivity index (χ4n) is 3.41. The van der Waals surface area contributed by atoms with Crippen molar-refractivity contribution < 1.29 is 9.90 Å². The molecule has 3 N–H and O–H groups in total. The van der Waals surface area contributed by atoms with Gasteiger partial charge in [0.25, 0.3) is 0 Å². The number of fused-ring (bicyclic) bond motifs is 1. The van der Waals surface area contributed by atoms with Gasteiger partial charge in [-0.3, -0.25) is 0 Å². The Morgan fingerprint density at radius 2 is 1.73 bits per heavy atom. The number of amides is 2. The molecule has 0 spiro atoms. The van der Waals surface area contributed by atoms with Crippen molar-refractivity contribution in [3.05, 3.63) is 65.2 Å². The number of aliphatic hydroxyl groups is 1. The normalized spacial score (nSPS) is 19.5. The first-order chi connectivity index (χ1) is 12.3. The molecule has 0 radical (unpaired) electrons. The van der Waals surface area contributed by atoms with Gasteiger partial charge in [-0.2, -0.15) is 0 Å². The lowest BCUT2D eigenvalue weighted by molar-refractivity contribution is 0.0295. The molecule has 4 nitrogen and oxygen atoms in total. The summed E-state index contributed by atoms with van der Waals surface area (Å²) in [5.74, 6) is 0. The average Bonchev–Trinajstić information content (AvgIpc) is 2.60. The Morgan fingerprint density at radius 1 is 1.08 bits per heavy atom. The number of rotatable bonds is 3. The maximum Gasteiger partial charge on any atom is 0.319 e. The number of urea groups is 1. The monoisotopic (exact) mass is 352 g/mol. The summed E-state index contributed by atoms with van der Waals surface area (Å²) in [5.41, 5.74) is 3.63. The second-order valence-corrected chi connectivity index (χ2v) is 8.30. The Labute approximate surface area is 155 Å². The molecule has 1 aliphatic carbocycles. The summed E-state index contributed by atoms with van der Waals surface area (Å²) in [7, 11) is 0. The highest BCUT2D eigenvalue weighted by Crippen LogP contribution is 2.28. The van der Waals surface area contributed by atoms with Gasteiger partial charge in [-0.05, 0) is 47.1 Å². The molecule has 2 aromatic rings. The zero-order valence-electron chi connectivity index (χ0n) is 15.8. The zero-order valence-corrected chi connectivity index (χ0v) is 15.8. The van der Waals surface area contributed by atoms with Crippen LogP contribution in [0, 0.1) is 0 Å². The van der Waals surface area contributed by atoms with Crippen LogP contribution in [0.2, 0.25) is 0 Å². The number of benzene rings is 2. The second-order valence-electron chi connectivity index (χ2n) is 8.30. The molecule has 26 heavy (non-hydrogen) atoms.